The van der Waals surface area contributed by atoms with Gasteiger partial charge < -0.3 is 10.6 Å². The number of benzene rings is 1. The highest BCUT2D eigenvalue weighted by Gasteiger charge is 2.23. The summed E-state index contributed by atoms with van der Waals surface area (Å²) in [5.74, 6) is -0.518. The predicted molar refractivity (Wildman–Crippen MR) is 74.3 cm³/mol. The molecule has 0 aliphatic carbocycles. The Morgan fingerprint density at radius 2 is 2.25 bits per heavy atom. The summed E-state index contributed by atoms with van der Waals surface area (Å²) in [6.07, 6.45) is 0.144. The van der Waals surface area contributed by atoms with Gasteiger partial charge in [0.1, 0.15) is 0 Å². The number of amides is 1. The topological polar surface area (TPSA) is 113 Å². The van der Waals surface area contributed by atoms with Crippen molar-refractivity contribution < 1.29 is 9.72 Å². The van der Waals surface area contributed by atoms with Crippen LogP contribution in [0.15, 0.2) is 12.1 Å². The van der Waals surface area contributed by atoms with Crippen LogP contribution >= 0.6 is 11.6 Å². The van der Waals surface area contributed by atoms with E-state index < -0.39 is 10.8 Å². The van der Waals surface area contributed by atoms with Gasteiger partial charge in [-0.2, -0.15) is 5.26 Å². The first kappa shape index (κ1) is 15.7. The Morgan fingerprint density at radius 1 is 1.65 bits per heavy atom. The number of nitrogens with two attached hydrogens (primary N) is 1. The third-order valence-electron chi connectivity index (χ3n) is 2.92. The van der Waals surface area contributed by atoms with Crippen LogP contribution in [0.4, 0.5) is 11.4 Å². The van der Waals surface area contributed by atoms with Gasteiger partial charge in [0.15, 0.2) is 0 Å². The molecule has 7 nitrogen and oxygen atoms in total. The zero-order valence-electron chi connectivity index (χ0n) is 11.0. The lowest BCUT2D eigenvalue weighted by Gasteiger charge is -2.23. The quantitative estimate of drug-likeness (QED) is 0.520. The van der Waals surface area contributed by atoms with E-state index in [1.165, 1.54) is 11.9 Å². The normalized spacial score (nSPS) is 11.5. The summed E-state index contributed by atoms with van der Waals surface area (Å²) < 4.78 is 0. The summed E-state index contributed by atoms with van der Waals surface area (Å²) >= 11 is 5.80. The van der Waals surface area contributed by atoms with E-state index in [4.69, 9.17) is 22.6 Å². The van der Waals surface area contributed by atoms with Crippen molar-refractivity contribution >= 4 is 28.9 Å². The van der Waals surface area contributed by atoms with Crippen molar-refractivity contribution in [1.82, 2.24) is 4.90 Å². The van der Waals surface area contributed by atoms with Crippen LogP contribution in [0.3, 0.4) is 0 Å². The number of hydrogen-bond acceptors (Lipinski definition) is 5. The van der Waals surface area contributed by atoms with Gasteiger partial charge in [0.05, 0.1) is 33.7 Å². The molecular weight excluding hydrogens is 284 g/mol. The van der Waals surface area contributed by atoms with E-state index >= 15 is 0 Å². The number of carbonyl (C=O) groups excluding carboxylic acids is 1. The molecule has 0 radical (unpaired) electrons. The lowest BCUT2D eigenvalue weighted by Crippen LogP contribution is -2.35. The molecular formula is C12H13ClN4O3. The molecule has 0 saturated carbocycles. The average Bonchev–Trinajstić information content (AvgIpc) is 2.40. The van der Waals surface area contributed by atoms with E-state index in [9.17, 15) is 14.9 Å². The molecule has 0 heterocycles. The Kier molecular flexibility index (Phi) is 4.88. The van der Waals surface area contributed by atoms with E-state index in [-0.39, 0.29) is 34.4 Å². The van der Waals surface area contributed by atoms with Crippen molar-refractivity contribution in [2.24, 2.45) is 0 Å². The summed E-state index contributed by atoms with van der Waals surface area (Å²) in [5, 5.41) is 19.4. The number of hydrogen-bond donors (Lipinski definition) is 1. The number of carbonyl (C=O) groups is 1. The number of nitro groups is 1. The van der Waals surface area contributed by atoms with E-state index in [1.54, 1.807) is 6.92 Å². The highest BCUT2D eigenvalue weighted by Crippen LogP contribution is 2.29. The molecule has 1 unspecified atom stereocenters. The second-order valence-electron chi connectivity index (χ2n) is 4.27. The summed E-state index contributed by atoms with van der Waals surface area (Å²) in [6.45, 7) is 1.69. The second kappa shape index (κ2) is 6.21. The van der Waals surface area contributed by atoms with Gasteiger partial charge in [-0.05, 0) is 6.92 Å². The Morgan fingerprint density at radius 3 is 2.75 bits per heavy atom. The third-order valence-corrected chi connectivity index (χ3v) is 3.24. The monoisotopic (exact) mass is 296 g/mol. The van der Waals surface area contributed by atoms with Crippen molar-refractivity contribution in [1.29, 1.82) is 5.26 Å². The number of rotatable bonds is 4. The van der Waals surface area contributed by atoms with E-state index in [1.807, 2.05) is 6.07 Å². The fourth-order valence-electron chi connectivity index (χ4n) is 1.55. The molecule has 0 aliphatic rings. The maximum Gasteiger partial charge on any atom is 0.271 e. The Bertz CT molecular complexity index is 597. The molecule has 106 valence electrons. The summed E-state index contributed by atoms with van der Waals surface area (Å²) in [4.78, 5) is 23.7. The molecule has 0 saturated heterocycles. The summed E-state index contributed by atoms with van der Waals surface area (Å²) in [5.41, 5.74) is 5.33. The van der Waals surface area contributed by atoms with Crippen molar-refractivity contribution in [3.05, 3.63) is 32.8 Å². The van der Waals surface area contributed by atoms with Gasteiger partial charge in [0, 0.05) is 25.2 Å². The lowest BCUT2D eigenvalue weighted by molar-refractivity contribution is -0.384. The molecule has 20 heavy (non-hydrogen) atoms. The van der Waals surface area contributed by atoms with Crippen LogP contribution in [-0.2, 0) is 0 Å². The molecule has 1 rings (SSSR count). The minimum Gasteiger partial charge on any atom is -0.397 e. The zero-order chi connectivity index (χ0) is 15.4. The van der Waals surface area contributed by atoms with Crippen LogP contribution in [0.2, 0.25) is 5.02 Å². The number of nitro benzene ring substituents is 1. The number of halogens is 1. The van der Waals surface area contributed by atoms with Gasteiger partial charge in [-0.15, -0.1) is 0 Å². The van der Waals surface area contributed by atoms with Crippen molar-refractivity contribution in [2.75, 3.05) is 12.8 Å². The van der Waals surface area contributed by atoms with E-state index in [2.05, 4.69) is 0 Å². The molecule has 2 N–H and O–H groups in total. The van der Waals surface area contributed by atoms with E-state index in [0.717, 1.165) is 12.1 Å². The molecule has 0 aromatic heterocycles. The first-order chi connectivity index (χ1) is 9.29. The standard InChI is InChI=1S/C12H13ClN4O3/c1-7(3-4-14)16(2)12(18)9-5-8(17(19)20)6-10(13)11(9)15/h5-7H,3,15H2,1-2H3. The fraction of sp³-hybridized carbons (Fsp3) is 0.333. The highest BCUT2D eigenvalue weighted by molar-refractivity contribution is 6.34. The van der Waals surface area contributed by atoms with Crippen LogP contribution in [-0.4, -0.2) is 28.8 Å². The highest BCUT2D eigenvalue weighted by atomic mass is 35.5. The molecule has 1 aromatic rings. The van der Waals surface area contributed by atoms with Crippen LogP contribution in [0, 0.1) is 21.4 Å². The van der Waals surface area contributed by atoms with Crippen LogP contribution in [0.5, 0.6) is 0 Å². The molecule has 0 bridgehead atoms. The number of nitriles is 1. The van der Waals surface area contributed by atoms with Gasteiger partial charge >= 0.3 is 0 Å². The number of nitrogens with zero attached hydrogens (tertiary/aromatic N) is 3. The first-order valence-electron chi connectivity index (χ1n) is 5.67. The minimum absolute atomic E-state index is 0.0155. The minimum atomic E-state index is -0.652. The van der Waals surface area contributed by atoms with Crippen LogP contribution in [0.25, 0.3) is 0 Å². The summed E-state index contributed by atoms with van der Waals surface area (Å²) in [6, 6.07) is 3.78. The fourth-order valence-corrected chi connectivity index (χ4v) is 1.76. The maximum atomic E-state index is 12.3. The Hall–Kier alpha value is -2.33. The van der Waals surface area contributed by atoms with Gasteiger partial charge in [-0.25, -0.2) is 0 Å². The van der Waals surface area contributed by atoms with Gasteiger partial charge in [-0.3, -0.25) is 14.9 Å². The van der Waals surface area contributed by atoms with Crippen molar-refractivity contribution in [3.63, 3.8) is 0 Å². The van der Waals surface area contributed by atoms with Crippen LogP contribution < -0.4 is 5.73 Å². The smallest absolute Gasteiger partial charge is 0.271 e. The summed E-state index contributed by atoms with van der Waals surface area (Å²) in [7, 11) is 1.50. The molecule has 1 atom stereocenters. The average molecular weight is 297 g/mol. The van der Waals surface area contributed by atoms with Gasteiger partial charge in [0.2, 0.25) is 0 Å². The van der Waals surface area contributed by atoms with Gasteiger partial charge in [0.25, 0.3) is 11.6 Å². The second-order valence-corrected chi connectivity index (χ2v) is 4.68. The Balaban J connectivity index is 3.22. The number of nitrogen functional groups attached to an aromatic ring is 1. The molecule has 1 aromatic carbocycles. The van der Waals surface area contributed by atoms with Crippen molar-refractivity contribution in [2.45, 2.75) is 19.4 Å². The van der Waals surface area contributed by atoms with E-state index in [0.29, 0.717) is 0 Å². The SMILES string of the molecule is CC(CC#N)N(C)C(=O)c1cc([N+](=O)[O-])cc(Cl)c1N. The zero-order valence-corrected chi connectivity index (χ0v) is 11.7. The van der Waals surface area contributed by atoms with Crippen LogP contribution in [0.1, 0.15) is 23.7 Å². The Labute approximate surface area is 120 Å². The number of non-ortho nitro benzene ring substituents is 1. The lowest BCUT2D eigenvalue weighted by atomic mass is 10.1. The molecule has 0 fully saturated rings. The van der Waals surface area contributed by atoms with Gasteiger partial charge in [-0.1, -0.05) is 11.6 Å². The first-order valence-corrected chi connectivity index (χ1v) is 6.04. The van der Waals surface area contributed by atoms with Crippen molar-refractivity contribution in [3.8, 4) is 6.07 Å². The molecule has 0 aliphatic heterocycles. The largest absolute Gasteiger partial charge is 0.397 e. The molecule has 8 heteroatoms. The third kappa shape index (κ3) is 3.16. The predicted octanol–water partition coefficient (Wildman–Crippen LogP) is 2.20. The molecule has 0 spiro atoms. The molecule has 1 amide bonds. The number of anilines is 1. The maximum absolute atomic E-state index is 12.3.